The highest BCUT2D eigenvalue weighted by Gasteiger charge is 2.39. The average Bonchev–Trinajstić information content (AvgIpc) is 2.47. The van der Waals surface area contributed by atoms with Crippen LogP contribution in [0.1, 0.15) is 26.7 Å². The van der Waals surface area contributed by atoms with Gasteiger partial charge in [0.1, 0.15) is 0 Å². The van der Waals surface area contributed by atoms with Crippen LogP contribution in [0, 0.1) is 5.92 Å². The third-order valence-electron chi connectivity index (χ3n) is 4.96. The molecule has 0 bridgehead atoms. The second-order valence-corrected chi connectivity index (χ2v) is 7.29. The van der Waals surface area contributed by atoms with Gasteiger partial charge in [-0.3, -0.25) is 9.69 Å². The standard InChI is InChI=1S/C16H32N4O/c1-16(2,20-11-7-17-8-12-20)15(21)19-9-5-14(6-10-19)13-18(3)4/h14,17H,5-13H2,1-4H3. The lowest BCUT2D eigenvalue weighted by atomic mass is 9.93. The van der Waals surface area contributed by atoms with Gasteiger partial charge in [-0.05, 0) is 46.7 Å². The average molecular weight is 296 g/mol. The van der Waals surface area contributed by atoms with E-state index in [0.717, 1.165) is 64.6 Å². The SMILES string of the molecule is CN(C)CC1CCN(C(=O)C(C)(C)N2CCNCC2)CC1. The molecule has 21 heavy (non-hydrogen) atoms. The molecular weight excluding hydrogens is 264 g/mol. The minimum absolute atomic E-state index is 0.313. The maximum atomic E-state index is 12.9. The van der Waals surface area contributed by atoms with Gasteiger partial charge in [-0.15, -0.1) is 0 Å². The second kappa shape index (κ2) is 7.07. The molecule has 2 heterocycles. The van der Waals surface area contributed by atoms with E-state index in [9.17, 15) is 4.79 Å². The number of piperazine rings is 1. The van der Waals surface area contributed by atoms with Crippen LogP contribution in [0.2, 0.25) is 0 Å². The van der Waals surface area contributed by atoms with Crippen LogP contribution < -0.4 is 5.32 Å². The van der Waals surface area contributed by atoms with Gasteiger partial charge in [0, 0.05) is 45.8 Å². The van der Waals surface area contributed by atoms with Gasteiger partial charge in [-0.2, -0.15) is 0 Å². The van der Waals surface area contributed by atoms with Gasteiger partial charge in [0.05, 0.1) is 5.54 Å². The molecule has 2 aliphatic rings. The number of carbonyl (C=O) groups excluding carboxylic acids is 1. The summed E-state index contributed by atoms with van der Waals surface area (Å²) in [7, 11) is 4.26. The van der Waals surface area contributed by atoms with Crippen molar-refractivity contribution in [2.45, 2.75) is 32.2 Å². The lowest BCUT2D eigenvalue weighted by molar-refractivity contribution is -0.144. The Bertz CT molecular complexity index is 342. The molecule has 0 aromatic heterocycles. The van der Waals surface area contributed by atoms with E-state index >= 15 is 0 Å². The summed E-state index contributed by atoms with van der Waals surface area (Å²) in [6.45, 7) is 11.1. The molecule has 0 aliphatic carbocycles. The molecule has 1 amide bonds. The van der Waals surface area contributed by atoms with Crippen molar-refractivity contribution < 1.29 is 4.79 Å². The summed E-state index contributed by atoms with van der Waals surface area (Å²) in [5.74, 6) is 1.05. The first-order valence-corrected chi connectivity index (χ1v) is 8.31. The number of piperidine rings is 1. The summed E-state index contributed by atoms with van der Waals surface area (Å²) in [5.41, 5.74) is -0.365. The Balaban J connectivity index is 1.88. The molecule has 0 aromatic carbocycles. The number of hydrogen-bond donors (Lipinski definition) is 1. The predicted octanol–water partition coefficient (Wildman–Crippen LogP) is 0.470. The van der Waals surface area contributed by atoms with Crippen LogP contribution in [0.25, 0.3) is 0 Å². The normalized spacial score (nSPS) is 22.8. The molecule has 0 unspecified atom stereocenters. The number of rotatable bonds is 4. The maximum Gasteiger partial charge on any atom is 0.242 e. The topological polar surface area (TPSA) is 38.8 Å². The maximum absolute atomic E-state index is 12.9. The van der Waals surface area contributed by atoms with E-state index in [4.69, 9.17) is 0 Å². The Morgan fingerprint density at radius 2 is 1.71 bits per heavy atom. The molecule has 5 nitrogen and oxygen atoms in total. The third-order valence-corrected chi connectivity index (χ3v) is 4.96. The Morgan fingerprint density at radius 1 is 1.14 bits per heavy atom. The van der Waals surface area contributed by atoms with E-state index < -0.39 is 0 Å². The fraction of sp³-hybridized carbons (Fsp3) is 0.938. The Morgan fingerprint density at radius 3 is 2.24 bits per heavy atom. The molecule has 0 atom stereocenters. The van der Waals surface area contributed by atoms with Crippen molar-refractivity contribution >= 4 is 5.91 Å². The van der Waals surface area contributed by atoms with Gasteiger partial charge in [0.15, 0.2) is 0 Å². The Labute approximate surface area is 129 Å². The summed E-state index contributed by atoms with van der Waals surface area (Å²) in [4.78, 5) is 19.6. The Hall–Kier alpha value is -0.650. The van der Waals surface area contributed by atoms with Crippen LogP contribution in [-0.2, 0) is 4.79 Å². The summed E-state index contributed by atoms with van der Waals surface area (Å²) in [6.07, 6.45) is 2.28. The van der Waals surface area contributed by atoms with Gasteiger partial charge >= 0.3 is 0 Å². The van der Waals surface area contributed by atoms with E-state index in [2.05, 4.69) is 48.0 Å². The van der Waals surface area contributed by atoms with Crippen molar-refractivity contribution in [3.63, 3.8) is 0 Å². The summed E-state index contributed by atoms with van der Waals surface area (Å²) in [5, 5.41) is 3.36. The van der Waals surface area contributed by atoms with Crippen LogP contribution in [0.5, 0.6) is 0 Å². The summed E-state index contributed by atoms with van der Waals surface area (Å²) in [6, 6.07) is 0. The van der Waals surface area contributed by atoms with Gasteiger partial charge in [0.25, 0.3) is 0 Å². The quantitative estimate of drug-likeness (QED) is 0.818. The number of nitrogens with one attached hydrogen (secondary N) is 1. The number of amides is 1. The van der Waals surface area contributed by atoms with E-state index in [1.54, 1.807) is 0 Å². The predicted molar refractivity (Wildman–Crippen MR) is 86.4 cm³/mol. The van der Waals surface area contributed by atoms with Gasteiger partial charge in [0.2, 0.25) is 5.91 Å². The van der Waals surface area contributed by atoms with Gasteiger partial charge < -0.3 is 15.1 Å². The minimum Gasteiger partial charge on any atom is -0.341 e. The van der Waals surface area contributed by atoms with Crippen molar-refractivity contribution in [3.05, 3.63) is 0 Å². The second-order valence-electron chi connectivity index (χ2n) is 7.29. The summed E-state index contributed by atoms with van der Waals surface area (Å²) >= 11 is 0. The monoisotopic (exact) mass is 296 g/mol. The first kappa shape index (κ1) is 16.7. The van der Waals surface area contributed by atoms with Gasteiger partial charge in [-0.25, -0.2) is 0 Å². The van der Waals surface area contributed by atoms with Crippen LogP contribution >= 0.6 is 0 Å². The third kappa shape index (κ3) is 4.18. The van der Waals surface area contributed by atoms with Gasteiger partial charge in [-0.1, -0.05) is 0 Å². The molecule has 0 radical (unpaired) electrons. The molecule has 0 spiro atoms. The fourth-order valence-electron chi connectivity index (χ4n) is 3.58. The Kier molecular flexibility index (Phi) is 5.63. The van der Waals surface area contributed by atoms with Crippen molar-refractivity contribution in [1.82, 2.24) is 20.0 Å². The zero-order valence-electron chi connectivity index (χ0n) is 14.2. The highest BCUT2D eigenvalue weighted by atomic mass is 16.2. The number of likely N-dealkylation sites (tertiary alicyclic amines) is 1. The number of nitrogens with zero attached hydrogens (tertiary/aromatic N) is 3. The van der Waals surface area contributed by atoms with E-state index in [-0.39, 0.29) is 5.54 Å². The molecule has 122 valence electrons. The molecule has 2 fully saturated rings. The minimum atomic E-state index is -0.365. The first-order chi connectivity index (χ1) is 9.91. The van der Waals surface area contributed by atoms with Crippen LogP contribution in [-0.4, -0.2) is 86.1 Å². The number of hydrogen-bond acceptors (Lipinski definition) is 4. The largest absolute Gasteiger partial charge is 0.341 e. The zero-order chi connectivity index (χ0) is 15.5. The molecule has 0 aromatic rings. The van der Waals surface area contributed by atoms with E-state index in [1.165, 1.54) is 0 Å². The lowest BCUT2D eigenvalue weighted by Gasteiger charge is -2.44. The van der Waals surface area contributed by atoms with Crippen LogP contribution in [0.4, 0.5) is 0 Å². The molecular formula is C16H32N4O. The van der Waals surface area contributed by atoms with E-state index in [0.29, 0.717) is 5.91 Å². The highest BCUT2D eigenvalue weighted by molar-refractivity contribution is 5.85. The molecule has 2 aliphatic heterocycles. The van der Waals surface area contributed by atoms with Crippen LogP contribution in [0.3, 0.4) is 0 Å². The molecule has 1 N–H and O–H groups in total. The van der Waals surface area contributed by atoms with Crippen molar-refractivity contribution in [3.8, 4) is 0 Å². The lowest BCUT2D eigenvalue weighted by Crippen LogP contribution is -2.61. The molecule has 2 rings (SSSR count). The molecule has 0 saturated carbocycles. The van der Waals surface area contributed by atoms with Crippen LogP contribution in [0.15, 0.2) is 0 Å². The van der Waals surface area contributed by atoms with E-state index in [1.807, 2.05) is 0 Å². The first-order valence-electron chi connectivity index (χ1n) is 8.31. The van der Waals surface area contributed by atoms with Crippen molar-refractivity contribution in [2.75, 3.05) is 59.9 Å². The zero-order valence-corrected chi connectivity index (χ0v) is 14.2. The van der Waals surface area contributed by atoms with Crippen molar-refractivity contribution in [2.24, 2.45) is 5.92 Å². The molecule has 2 saturated heterocycles. The highest BCUT2D eigenvalue weighted by Crippen LogP contribution is 2.23. The summed E-state index contributed by atoms with van der Waals surface area (Å²) < 4.78 is 0. The molecule has 5 heteroatoms. The van der Waals surface area contributed by atoms with Crippen molar-refractivity contribution in [1.29, 1.82) is 0 Å². The smallest absolute Gasteiger partial charge is 0.242 e. The fourth-order valence-corrected chi connectivity index (χ4v) is 3.58. The number of carbonyl (C=O) groups is 1.